The molecule has 0 bridgehead atoms. The molecule has 2 aromatic rings. The van der Waals surface area contributed by atoms with E-state index in [-0.39, 0.29) is 21.9 Å². The topological polar surface area (TPSA) is 113 Å². The van der Waals surface area contributed by atoms with Crippen LogP contribution in [0.15, 0.2) is 41.3 Å². The standard InChI is InChI=1S/C17H16N2O5S/c1-10-3-5-13(7-11(10)2)24-16(20)9-25-15-6-4-12(17(18)21)8-14(15)19(22)23/h3-8H,9H2,1-2H3,(H2,18,21). The van der Waals surface area contributed by atoms with Gasteiger partial charge in [0.05, 0.1) is 15.6 Å². The Morgan fingerprint density at radius 2 is 1.88 bits per heavy atom. The van der Waals surface area contributed by atoms with Crippen molar-refractivity contribution in [3.63, 3.8) is 0 Å². The number of hydrogen-bond donors (Lipinski definition) is 1. The van der Waals surface area contributed by atoms with E-state index in [0.717, 1.165) is 29.0 Å². The lowest BCUT2D eigenvalue weighted by Crippen LogP contribution is -2.12. The molecule has 0 heterocycles. The number of aryl methyl sites for hydroxylation is 2. The second-order valence-corrected chi connectivity index (χ2v) is 6.33. The van der Waals surface area contributed by atoms with Crippen molar-refractivity contribution in [2.24, 2.45) is 5.73 Å². The van der Waals surface area contributed by atoms with Crippen LogP contribution >= 0.6 is 11.8 Å². The van der Waals surface area contributed by atoms with E-state index in [0.29, 0.717) is 5.75 Å². The Hall–Kier alpha value is -2.87. The number of thioether (sulfide) groups is 1. The molecule has 0 spiro atoms. The molecule has 0 aliphatic heterocycles. The summed E-state index contributed by atoms with van der Waals surface area (Å²) in [5.74, 6) is -0.966. The highest BCUT2D eigenvalue weighted by Gasteiger charge is 2.18. The average molecular weight is 360 g/mol. The van der Waals surface area contributed by atoms with E-state index in [9.17, 15) is 19.7 Å². The zero-order valence-corrected chi connectivity index (χ0v) is 14.5. The van der Waals surface area contributed by atoms with Crippen LogP contribution in [0.1, 0.15) is 21.5 Å². The van der Waals surface area contributed by atoms with Gasteiger partial charge in [-0.15, -0.1) is 11.8 Å². The Kier molecular flexibility index (Phi) is 5.76. The smallest absolute Gasteiger partial charge is 0.321 e. The molecule has 0 aliphatic rings. The van der Waals surface area contributed by atoms with Crippen LogP contribution in [0.25, 0.3) is 0 Å². The third-order valence-electron chi connectivity index (χ3n) is 3.50. The molecular formula is C17H16N2O5S. The molecule has 0 radical (unpaired) electrons. The second-order valence-electron chi connectivity index (χ2n) is 5.31. The van der Waals surface area contributed by atoms with Crippen LogP contribution in [0, 0.1) is 24.0 Å². The minimum atomic E-state index is -0.756. The van der Waals surface area contributed by atoms with Gasteiger partial charge >= 0.3 is 5.97 Å². The lowest BCUT2D eigenvalue weighted by molar-refractivity contribution is -0.387. The molecule has 1 amide bonds. The predicted octanol–water partition coefficient (Wildman–Crippen LogP) is 3.01. The Bertz CT molecular complexity index is 851. The molecule has 0 unspecified atom stereocenters. The number of nitrogens with two attached hydrogens (primary N) is 1. The molecule has 0 atom stereocenters. The maximum absolute atomic E-state index is 12.0. The number of amides is 1. The molecule has 0 fully saturated rings. The van der Waals surface area contributed by atoms with Crippen LogP contribution in [-0.4, -0.2) is 22.6 Å². The summed E-state index contributed by atoms with van der Waals surface area (Å²) in [6.07, 6.45) is 0. The van der Waals surface area contributed by atoms with E-state index in [1.165, 1.54) is 12.1 Å². The van der Waals surface area contributed by atoms with Gasteiger partial charge in [0, 0.05) is 11.6 Å². The van der Waals surface area contributed by atoms with Crippen LogP contribution in [0.3, 0.4) is 0 Å². The number of benzene rings is 2. The number of esters is 1. The summed E-state index contributed by atoms with van der Waals surface area (Å²) in [5, 5.41) is 11.1. The van der Waals surface area contributed by atoms with E-state index in [2.05, 4.69) is 0 Å². The first-order chi connectivity index (χ1) is 11.8. The fourth-order valence-electron chi connectivity index (χ4n) is 2.01. The third kappa shape index (κ3) is 4.80. The van der Waals surface area contributed by atoms with E-state index >= 15 is 0 Å². The monoisotopic (exact) mass is 360 g/mol. The van der Waals surface area contributed by atoms with E-state index in [4.69, 9.17) is 10.5 Å². The summed E-state index contributed by atoms with van der Waals surface area (Å²) in [6.45, 7) is 3.86. The molecular weight excluding hydrogens is 344 g/mol. The highest BCUT2D eigenvalue weighted by Crippen LogP contribution is 2.30. The van der Waals surface area contributed by atoms with E-state index in [1.54, 1.807) is 12.1 Å². The molecule has 2 rings (SSSR count). The predicted molar refractivity (Wildman–Crippen MR) is 93.9 cm³/mol. The van der Waals surface area contributed by atoms with E-state index < -0.39 is 16.8 Å². The van der Waals surface area contributed by atoms with Crippen molar-refractivity contribution in [2.45, 2.75) is 18.7 Å². The number of rotatable bonds is 6. The molecule has 25 heavy (non-hydrogen) atoms. The van der Waals surface area contributed by atoms with E-state index in [1.807, 2.05) is 19.9 Å². The van der Waals surface area contributed by atoms with Gasteiger partial charge in [-0.2, -0.15) is 0 Å². The van der Waals surface area contributed by atoms with Gasteiger partial charge in [0.2, 0.25) is 5.91 Å². The summed E-state index contributed by atoms with van der Waals surface area (Å²) in [6, 6.07) is 9.16. The fraction of sp³-hybridized carbons (Fsp3) is 0.176. The third-order valence-corrected chi connectivity index (χ3v) is 4.53. The minimum absolute atomic E-state index is 0.0359. The van der Waals surface area contributed by atoms with Gasteiger partial charge in [0.1, 0.15) is 5.75 Å². The molecule has 0 aliphatic carbocycles. The van der Waals surface area contributed by atoms with Gasteiger partial charge in [-0.05, 0) is 49.2 Å². The Morgan fingerprint density at radius 1 is 1.16 bits per heavy atom. The zero-order chi connectivity index (χ0) is 18.6. The summed E-state index contributed by atoms with van der Waals surface area (Å²) >= 11 is 0.962. The molecule has 7 nitrogen and oxygen atoms in total. The van der Waals surface area contributed by atoms with Gasteiger partial charge in [-0.1, -0.05) is 6.07 Å². The highest BCUT2D eigenvalue weighted by atomic mass is 32.2. The first-order valence-electron chi connectivity index (χ1n) is 7.27. The van der Waals surface area contributed by atoms with Crippen molar-refractivity contribution in [3.05, 3.63) is 63.2 Å². The van der Waals surface area contributed by atoms with Gasteiger partial charge in [0.15, 0.2) is 0 Å². The normalized spacial score (nSPS) is 10.3. The molecule has 130 valence electrons. The molecule has 0 aromatic heterocycles. The van der Waals surface area contributed by atoms with Crippen molar-refractivity contribution in [1.29, 1.82) is 0 Å². The molecule has 8 heteroatoms. The van der Waals surface area contributed by atoms with Gasteiger partial charge in [-0.25, -0.2) is 0 Å². The quantitative estimate of drug-likeness (QED) is 0.278. The highest BCUT2D eigenvalue weighted by molar-refractivity contribution is 8.00. The molecule has 0 saturated carbocycles. The summed E-state index contributed by atoms with van der Waals surface area (Å²) in [5.41, 5.74) is 6.96. The van der Waals surface area contributed by atoms with Crippen molar-refractivity contribution < 1.29 is 19.2 Å². The molecule has 0 saturated heterocycles. The number of ether oxygens (including phenoxy) is 1. The van der Waals surface area contributed by atoms with Crippen LogP contribution in [-0.2, 0) is 4.79 Å². The van der Waals surface area contributed by atoms with Crippen molar-refractivity contribution in [2.75, 3.05) is 5.75 Å². The van der Waals surface area contributed by atoms with Crippen LogP contribution in [0.5, 0.6) is 5.75 Å². The van der Waals surface area contributed by atoms with Gasteiger partial charge in [0.25, 0.3) is 5.69 Å². The number of nitrogens with zero attached hydrogens (tertiary/aromatic N) is 1. The lowest BCUT2D eigenvalue weighted by Gasteiger charge is -2.07. The summed E-state index contributed by atoms with van der Waals surface area (Å²) in [7, 11) is 0. The molecule has 2 aromatic carbocycles. The minimum Gasteiger partial charge on any atom is -0.426 e. The number of carbonyl (C=O) groups is 2. The van der Waals surface area contributed by atoms with Gasteiger partial charge < -0.3 is 10.5 Å². The van der Waals surface area contributed by atoms with Crippen molar-refractivity contribution in [1.82, 2.24) is 0 Å². The number of hydrogen-bond acceptors (Lipinski definition) is 6. The maximum Gasteiger partial charge on any atom is 0.321 e. The fourth-order valence-corrected chi connectivity index (χ4v) is 2.79. The van der Waals surface area contributed by atoms with Crippen LogP contribution in [0.2, 0.25) is 0 Å². The van der Waals surface area contributed by atoms with Crippen molar-refractivity contribution in [3.8, 4) is 5.75 Å². The summed E-state index contributed by atoms with van der Waals surface area (Å²) in [4.78, 5) is 33.8. The largest absolute Gasteiger partial charge is 0.426 e. The zero-order valence-electron chi connectivity index (χ0n) is 13.6. The second kappa shape index (κ2) is 7.80. The number of primary amides is 1. The first kappa shape index (κ1) is 18.5. The van der Waals surface area contributed by atoms with Crippen LogP contribution in [0.4, 0.5) is 5.69 Å². The first-order valence-corrected chi connectivity index (χ1v) is 8.25. The summed E-state index contributed by atoms with van der Waals surface area (Å²) < 4.78 is 5.23. The number of carbonyl (C=O) groups excluding carboxylic acids is 2. The SMILES string of the molecule is Cc1ccc(OC(=O)CSc2ccc(C(N)=O)cc2[N+](=O)[O-])cc1C. The molecule has 2 N–H and O–H groups in total. The lowest BCUT2D eigenvalue weighted by atomic mass is 10.1. The number of nitro benzene ring substituents is 1. The Balaban J connectivity index is 2.07. The maximum atomic E-state index is 12.0. The average Bonchev–Trinajstić information content (AvgIpc) is 2.56. The Morgan fingerprint density at radius 3 is 2.48 bits per heavy atom. The Labute approximate surface area is 148 Å². The van der Waals surface area contributed by atoms with Gasteiger partial charge in [-0.3, -0.25) is 19.7 Å². The number of nitro groups is 1. The van der Waals surface area contributed by atoms with Crippen molar-refractivity contribution >= 4 is 29.3 Å². The van der Waals surface area contributed by atoms with Crippen LogP contribution < -0.4 is 10.5 Å².